The Morgan fingerprint density at radius 3 is 1.37 bits per heavy atom. The van der Waals surface area contributed by atoms with E-state index in [-0.39, 0.29) is 0 Å². The molecule has 0 aliphatic carbocycles. The lowest BCUT2D eigenvalue weighted by Crippen LogP contribution is -2.30. The molecular weight excluding hydrogens is 364 g/mol. The molecule has 0 N–H and O–H groups in total. The van der Waals surface area contributed by atoms with E-state index >= 15 is 0 Å². The van der Waals surface area contributed by atoms with Crippen LogP contribution in [-0.4, -0.2) is 4.57 Å². The Hall–Kier alpha value is -0.790. The molecule has 0 atom stereocenters. The molecule has 0 aromatic carbocycles. The maximum atomic E-state index is 2.39. The number of rotatable bonds is 23. The monoisotopic (exact) mass is 419 g/mol. The topological polar surface area (TPSA) is 8.81 Å². The molecule has 0 saturated carbocycles. The first kappa shape index (κ1) is 27.2. The van der Waals surface area contributed by atoms with Crippen LogP contribution in [0.1, 0.15) is 149 Å². The summed E-state index contributed by atoms with van der Waals surface area (Å²) in [4.78, 5) is 0. The van der Waals surface area contributed by atoms with Crippen molar-refractivity contribution in [2.45, 2.75) is 162 Å². The average molecular weight is 420 g/mol. The molecule has 0 amide bonds. The van der Waals surface area contributed by atoms with Crippen LogP contribution in [0, 0.1) is 0 Å². The summed E-state index contributed by atoms with van der Waals surface area (Å²) < 4.78 is 4.78. The molecule has 0 radical (unpaired) electrons. The molecule has 0 aliphatic rings. The molecule has 2 heteroatoms. The van der Waals surface area contributed by atoms with Crippen molar-refractivity contribution in [2.75, 3.05) is 0 Å². The van der Waals surface area contributed by atoms with Crippen molar-refractivity contribution < 1.29 is 4.57 Å². The van der Waals surface area contributed by atoms with Crippen LogP contribution in [-0.2, 0) is 13.1 Å². The summed E-state index contributed by atoms with van der Waals surface area (Å²) in [5.41, 5.74) is 0. The highest BCUT2D eigenvalue weighted by atomic mass is 15.1. The van der Waals surface area contributed by atoms with Gasteiger partial charge in [0, 0.05) is 0 Å². The van der Waals surface area contributed by atoms with E-state index in [1.807, 2.05) is 0 Å². The summed E-state index contributed by atoms with van der Waals surface area (Å²) >= 11 is 0. The lowest BCUT2D eigenvalue weighted by Gasteiger charge is -2.02. The summed E-state index contributed by atoms with van der Waals surface area (Å²) in [6, 6.07) is 0. The van der Waals surface area contributed by atoms with Gasteiger partial charge in [-0.2, -0.15) is 0 Å². The van der Waals surface area contributed by atoms with Crippen LogP contribution in [0.15, 0.2) is 18.7 Å². The minimum absolute atomic E-state index is 1.20. The number of hydrogen-bond donors (Lipinski definition) is 0. The van der Waals surface area contributed by atoms with Crippen molar-refractivity contribution in [3.63, 3.8) is 0 Å². The normalized spacial score (nSPS) is 11.4. The van der Waals surface area contributed by atoms with Gasteiger partial charge in [-0.1, -0.05) is 123 Å². The largest absolute Gasteiger partial charge is 0.243 e. The Kier molecular flexibility index (Phi) is 19.5. The molecule has 2 nitrogen and oxygen atoms in total. The Labute approximate surface area is 189 Å². The maximum Gasteiger partial charge on any atom is 0.243 e. The van der Waals surface area contributed by atoms with Gasteiger partial charge in [-0.05, 0) is 25.7 Å². The van der Waals surface area contributed by atoms with Gasteiger partial charge in [-0.15, -0.1) is 0 Å². The number of imidazole rings is 1. The molecule has 1 rings (SSSR count). The predicted octanol–water partition coefficient (Wildman–Crippen LogP) is 9.01. The van der Waals surface area contributed by atoms with Crippen molar-refractivity contribution in [3.8, 4) is 0 Å². The number of aromatic nitrogens is 2. The third-order valence-corrected chi connectivity index (χ3v) is 6.54. The molecule has 176 valence electrons. The van der Waals surface area contributed by atoms with Gasteiger partial charge >= 0.3 is 0 Å². The van der Waals surface area contributed by atoms with E-state index in [1.165, 1.54) is 148 Å². The van der Waals surface area contributed by atoms with Gasteiger partial charge in [0.2, 0.25) is 6.33 Å². The number of unbranched alkanes of at least 4 members (excludes halogenated alkanes) is 19. The van der Waals surface area contributed by atoms with Gasteiger partial charge in [-0.25, -0.2) is 9.13 Å². The SMILES string of the molecule is CCCCCCCCCCCCCC[n+]1ccn(CCCCCCCCCCC)c1. The van der Waals surface area contributed by atoms with E-state index in [0.717, 1.165) is 0 Å². The average Bonchev–Trinajstić information content (AvgIpc) is 3.21. The van der Waals surface area contributed by atoms with E-state index in [1.54, 1.807) is 0 Å². The lowest BCUT2D eigenvalue weighted by molar-refractivity contribution is -0.696. The second-order valence-electron chi connectivity index (χ2n) is 9.61. The molecular formula is C28H55N2+. The van der Waals surface area contributed by atoms with Crippen molar-refractivity contribution in [1.29, 1.82) is 0 Å². The summed E-state index contributed by atoms with van der Waals surface area (Å²) in [6.07, 6.45) is 36.7. The van der Waals surface area contributed by atoms with E-state index in [9.17, 15) is 0 Å². The van der Waals surface area contributed by atoms with Crippen LogP contribution in [0.25, 0.3) is 0 Å². The smallest absolute Gasteiger partial charge is 0.237 e. The zero-order chi connectivity index (χ0) is 21.5. The second-order valence-corrected chi connectivity index (χ2v) is 9.61. The Morgan fingerprint density at radius 2 is 0.900 bits per heavy atom. The highest BCUT2D eigenvalue weighted by Gasteiger charge is 2.03. The van der Waals surface area contributed by atoms with Gasteiger partial charge in [-0.3, -0.25) is 0 Å². The van der Waals surface area contributed by atoms with Gasteiger partial charge < -0.3 is 0 Å². The molecule has 0 aliphatic heterocycles. The van der Waals surface area contributed by atoms with Gasteiger partial charge in [0.25, 0.3) is 0 Å². The summed E-state index contributed by atoms with van der Waals surface area (Å²) in [5.74, 6) is 0. The quantitative estimate of drug-likeness (QED) is 0.124. The van der Waals surface area contributed by atoms with Crippen molar-refractivity contribution >= 4 is 0 Å². The Bertz CT molecular complexity index is 451. The van der Waals surface area contributed by atoms with E-state index in [0.29, 0.717) is 0 Å². The zero-order valence-electron chi connectivity index (χ0n) is 20.9. The minimum Gasteiger partial charge on any atom is -0.237 e. The Morgan fingerprint density at radius 1 is 0.500 bits per heavy atom. The van der Waals surface area contributed by atoms with Crippen LogP contribution < -0.4 is 4.57 Å². The fourth-order valence-corrected chi connectivity index (χ4v) is 4.44. The van der Waals surface area contributed by atoms with Crippen molar-refractivity contribution in [2.24, 2.45) is 0 Å². The second kappa shape index (κ2) is 21.4. The van der Waals surface area contributed by atoms with E-state index in [4.69, 9.17) is 0 Å². The third-order valence-electron chi connectivity index (χ3n) is 6.54. The number of aryl methyl sites for hydroxylation is 2. The first-order chi connectivity index (χ1) is 14.9. The standard InChI is InChI=1S/C28H55N2/c1-3-5-7-9-11-13-14-15-17-19-21-23-25-30-27-26-29(28-30)24-22-20-18-16-12-10-8-6-4-2/h26-28H,3-25H2,1-2H3/q+1. The predicted molar refractivity (Wildman–Crippen MR) is 133 cm³/mol. The molecule has 1 aromatic rings. The molecule has 30 heavy (non-hydrogen) atoms. The van der Waals surface area contributed by atoms with Crippen LogP contribution >= 0.6 is 0 Å². The molecule has 1 heterocycles. The highest BCUT2D eigenvalue weighted by molar-refractivity contribution is 4.66. The van der Waals surface area contributed by atoms with Crippen molar-refractivity contribution in [1.82, 2.24) is 4.57 Å². The van der Waals surface area contributed by atoms with Crippen LogP contribution in [0.3, 0.4) is 0 Å². The minimum atomic E-state index is 1.20. The summed E-state index contributed by atoms with van der Waals surface area (Å²) in [6.45, 7) is 6.99. The molecule has 0 unspecified atom stereocenters. The zero-order valence-corrected chi connectivity index (χ0v) is 20.9. The summed E-state index contributed by atoms with van der Waals surface area (Å²) in [5, 5.41) is 0. The fourth-order valence-electron chi connectivity index (χ4n) is 4.44. The van der Waals surface area contributed by atoms with Crippen LogP contribution in [0.2, 0.25) is 0 Å². The van der Waals surface area contributed by atoms with Crippen LogP contribution in [0.5, 0.6) is 0 Å². The molecule has 0 fully saturated rings. The first-order valence-corrected chi connectivity index (χ1v) is 13.9. The molecule has 1 aromatic heterocycles. The molecule has 0 spiro atoms. The summed E-state index contributed by atoms with van der Waals surface area (Å²) in [7, 11) is 0. The van der Waals surface area contributed by atoms with E-state index in [2.05, 4.69) is 41.7 Å². The van der Waals surface area contributed by atoms with E-state index < -0.39 is 0 Å². The van der Waals surface area contributed by atoms with Crippen LogP contribution in [0.4, 0.5) is 0 Å². The first-order valence-electron chi connectivity index (χ1n) is 13.9. The number of nitrogens with zero attached hydrogens (tertiary/aromatic N) is 2. The molecule has 0 bridgehead atoms. The van der Waals surface area contributed by atoms with Gasteiger partial charge in [0.15, 0.2) is 0 Å². The molecule has 0 saturated heterocycles. The maximum absolute atomic E-state index is 2.39. The fraction of sp³-hybridized carbons (Fsp3) is 0.893. The van der Waals surface area contributed by atoms with Crippen molar-refractivity contribution in [3.05, 3.63) is 18.7 Å². The highest BCUT2D eigenvalue weighted by Crippen LogP contribution is 2.12. The third kappa shape index (κ3) is 16.9. The lowest BCUT2D eigenvalue weighted by atomic mass is 10.1. The van der Waals surface area contributed by atoms with Gasteiger partial charge in [0.05, 0.1) is 13.1 Å². The number of hydrogen-bond acceptors (Lipinski definition) is 0. The Balaban J connectivity index is 1.86. The van der Waals surface area contributed by atoms with Gasteiger partial charge in [0.1, 0.15) is 12.4 Å².